The highest BCUT2D eigenvalue weighted by Gasteiger charge is 2.00. The number of amides is 1. The van der Waals surface area contributed by atoms with Crippen molar-refractivity contribution in [2.45, 2.75) is 6.92 Å². The molecule has 0 aliphatic carbocycles. The smallest absolute Gasteiger partial charge is 0.247 e. The van der Waals surface area contributed by atoms with Crippen molar-refractivity contribution in [1.82, 2.24) is 0 Å². The lowest BCUT2D eigenvalue weighted by atomic mass is 10.2. The highest BCUT2D eigenvalue weighted by atomic mass is 16.1. The zero-order valence-electron chi connectivity index (χ0n) is 7.50. The number of anilines is 2. The van der Waals surface area contributed by atoms with Crippen molar-refractivity contribution < 1.29 is 4.79 Å². The number of aryl methyl sites for hydroxylation is 1. The zero-order chi connectivity index (χ0) is 9.84. The Morgan fingerprint density at radius 2 is 2.31 bits per heavy atom. The summed E-state index contributed by atoms with van der Waals surface area (Å²) in [6, 6.07) is 5.32. The third-order valence-electron chi connectivity index (χ3n) is 1.69. The van der Waals surface area contributed by atoms with Crippen LogP contribution in [0.4, 0.5) is 11.4 Å². The molecule has 1 aromatic rings. The normalized spacial score (nSPS) is 9.31. The molecule has 0 atom stereocenters. The van der Waals surface area contributed by atoms with Gasteiger partial charge < -0.3 is 11.1 Å². The molecule has 0 heterocycles. The van der Waals surface area contributed by atoms with E-state index in [9.17, 15) is 4.79 Å². The van der Waals surface area contributed by atoms with Gasteiger partial charge in [-0.1, -0.05) is 6.58 Å². The van der Waals surface area contributed by atoms with Gasteiger partial charge in [-0.15, -0.1) is 0 Å². The summed E-state index contributed by atoms with van der Waals surface area (Å²) in [6.45, 7) is 5.25. The van der Waals surface area contributed by atoms with Crippen LogP contribution in [-0.4, -0.2) is 5.91 Å². The summed E-state index contributed by atoms with van der Waals surface area (Å²) in [5, 5.41) is 2.67. The zero-order valence-corrected chi connectivity index (χ0v) is 7.50. The van der Waals surface area contributed by atoms with E-state index in [2.05, 4.69) is 11.9 Å². The van der Waals surface area contributed by atoms with E-state index in [1.54, 1.807) is 18.2 Å². The number of nitrogens with one attached hydrogen (secondary N) is 1. The van der Waals surface area contributed by atoms with Gasteiger partial charge in [-0.2, -0.15) is 0 Å². The van der Waals surface area contributed by atoms with E-state index in [1.165, 1.54) is 6.08 Å². The first-order valence-corrected chi connectivity index (χ1v) is 3.93. The summed E-state index contributed by atoms with van der Waals surface area (Å²) in [5.74, 6) is -0.215. The van der Waals surface area contributed by atoms with Crippen molar-refractivity contribution in [3.63, 3.8) is 0 Å². The lowest BCUT2D eigenvalue weighted by Crippen LogP contribution is -2.08. The maximum Gasteiger partial charge on any atom is 0.247 e. The standard InChI is InChI=1S/C10H12N2O/c1-3-10(13)12-9-5-4-8(11)6-7(9)2/h3-6H,1,11H2,2H3,(H,12,13). The minimum Gasteiger partial charge on any atom is -0.399 e. The quantitative estimate of drug-likeness (QED) is 0.532. The molecular weight excluding hydrogens is 164 g/mol. The second-order valence-corrected chi connectivity index (χ2v) is 2.77. The van der Waals surface area contributed by atoms with Crippen LogP contribution in [0.5, 0.6) is 0 Å². The van der Waals surface area contributed by atoms with Gasteiger partial charge in [0.15, 0.2) is 0 Å². The number of hydrogen-bond acceptors (Lipinski definition) is 2. The second-order valence-electron chi connectivity index (χ2n) is 2.77. The molecule has 0 fully saturated rings. The summed E-state index contributed by atoms with van der Waals surface area (Å²) in [6.07, 6.45) is 1.23. The number of rotatable bonds is 2. The number of benzene rings is 1. The Morgan fingerprint density at radius 1 is 1.62 bits per heavy atom. The first kappa shape index (κ1) is 9.32. The van der Waals surface area contributed by atoms with Crippen molar-refractivity contribution in [3.8, 4) is 0 Å². The monoisotopic (exact) mass is 176 g/mol. The molecule has 1 amide bonds. The molecule has 0 aliphatic rings. The van der Waals surface area contributed by atoms with Gasteiger partial charge in [0.25, 0.3) is 0 Å². The molecule has 0 saturated heterocycles. The third-order valence-corrected chi connectivity index (χ3v) is 1.69. The van der Waals surface area contributed by atoms with Crippen LogP contribution in [0.2, 0.25) is 0 Å². The number of carbonyl (C=O) groups excluding carboxylic acids is 1. The fraction of sp³-hybridized carbons (Fsp3) is 0.100. The molecule has 1 aromatic carbocycles. The highest BCUT2D eigenvalue weighted by Crippen LogP contribution is 2.17. The molecule has 0 aliphatic heterocycles. The Morgan fingerprint density at radius 3 is 2.85 bits per heavy atom. The Balaban J connectivity index is 2.89. The van der Waals surface area contributed by atoms with Crippen molar-refractivity contribution in [2.24, 2.45) is 0 Å². The maximum atomic E-state index is 11.0. The van der Waals surface area contributed by atoms with Crippen molar-refractivity contribution in [2.75, 3.05) is 11.1 Å². The largest absolute Gasteiger partial charge is 0.399 e. The Bertz CT molecular complexity index is 345. The van der Waals surface area contributed by atoms with Crippen LogP contribution in [0.1, 0.15) is 5.56 Å². The molecule has 68 valence electrons. The van der Waals surface area contributed by atoms with Gasteiger partial charge in [0.05, 0.1) is 0 Å². The predicted octanol–water partition coefficient (Wildman–Crippen LogP) is 1.70. The molecule has 0 saturated carbocycles. The molecule has 3 nitrogen and oxygen atoms in total. The minimum absolute atomic E-state index is 0.215. The molecule has 3 heteroatoms. The number of nitrogens with two attached hydrogens (primary N) is 1. The predicted molar refractivity (Wildman–Crippen MR) is 54.4 cm³/mol. The fourth-order valence-electron chi connectivity index (χ4n) is 1.01. The summed E-state index contributed by atoms with van der Waals surface area (Å²) >= 11 is 0. The number of carbonyl (C=O) groups is 1. The Kier molecular flexibility index (Phi) is 2.69. The lowest BCUT2D eigenvalue weighted by Gasteiger charge is -2.06. The molecule has 0 bridgehead atoms. The van der Waals surface area contributed by atoms with E-state index >= 15 is 0 Å². The maximum absolute atomic E-state index is 11.0. The van der Waals surface area contributed by atoms with E-state index < -0.39 is 0 Å². The van der Waals surface area contributed by atoms with E-state index in [0.29, 0.717) is 5.69 Å². The van der Waals surface area contributed by atoms with Crippen LogP contribution in [0.3, 0.4) is 0 Å². The van der Waals surface area contributed by atoms with E-state index in [4.69, 9.17) is 5.73 Å². The number of hydrogen-bond donors (Lipinski definition) is 2. The molecule has 1 rings (SSSR count). The fourth-order valence-corrected chi connectivity index (χ4v) is 1.01. The lowest BCUT2D eigenvalue weighted by molar-refractivity contribution is -0.111. The van der Waals surface area contributed by atoms with Crippen molar-refractivity contribution in [3.05, 3.63) is 36.4 Å². The molecule has 0 spiro atoms. The first-order chi connectivity index (χ1) is 6.13. The van der Waals surface area contributed by atoms with Gasteiger partial charge in [0, 0.05) is 11.4 Å². The van der Waals surface area contributed by atoms with Gasteiger partial charge in [-0.25, -0.2) is 0 Å². The molecular formula is C10H12N2O. The summed E-state index contributed by atoms with van der Waals surface area (Å²) in [4.78, 5) is 11.0. The van der Waals surface area contributed by atoms with E-state index in [0.717, 1.165) is 11.3 Å². The molecule has 3 N–H and O–H groups in total. The average molecular weight is 176 g/mol. The van der Waals surface area contributed by atoms with E-state index in [-0.39, 0.29) is 5.91 Å². The van der Waals surface area contributed by atoms with E-state index in [1.807, 2.05) is 6.92 Å². The first-order valence-electron chi connectivity index (χ1n) is 3.93. The summed E-state index contributed by atoms with van der Waals surface area (Å²) < 4.78 is 0. The average Bonchev–Trinajstić information content (AvgIpc) is 2.09. The van der Waals surface area contributed by atoms with Crippen molar-refractivity contribution >= 4 is 17.3 Å². The molecule has 0 aromatic heterocycles. The van der Waals surface area contributed by atoms with Crippen LogP contribution in [0.15, 0.2) is 30.9 Å². The van der Waals surface area contributed by atoms with Crippen LogP contribution in [-0.2, 0) is 4.79 Å². The Hall–Kier alpha value is -1.77. The van der Waals surface area contributed by atoms with Gasteiger partial charge in [0.1, 0.15) is 0 Å². The van der Waals surface area contributed by atoms with Crippen LogP contribution in [0, 0.1) is 6.92 Å². The van der Waals surface area contributed by atoms with Crippen LogP contribution < -0.4 is 11.1 Å². The van der Waals surface area contributed by atoms with Crippen LogP contribution >= 0.6 is 0 Å². The van der Waals surface area contributed by atoms with Gasteiger partial charge in [-0.05, 0) is 36.8 Å². The minimum atomic E-state index is -0.215. The van der Waals surface area contributed by atoms with Gasteiger partial charge in [0.2, 0.25) is 5.91 Å². The summed E-state index contributed by atoms with van der Waals surface area (Å²) in [5.41, 5.74) is 7.95. The molecule has 0 unspecified atom stereocenters. The second kappa shape index (κ2) is 3.76. The highest BCUT2D eigenvalue weighted by molar-refractivity contribution is 5.99. The van der Waals surface area contributed by atoms with Gasteiger partial charge in [-0.3, -0.25) is 4.79 Å². The van der Waals surface area contributed by atoms with Crippen molar-refractivity contribution in [1.29, 1.82) is 0 Å². The topological polar surface area (TPSA) is 55.1 Å². The third kappa shape index (κ3) is 2.33. The summed E-state index contributed by atoms with van der Waals surface area (Å²) in [7, 11) is 0. The van der Waals surface area contributed by atoms with Gasteiger partial charge >= 0.3 is 0 Å². The Labute approximate surface area is 77.3 Å². The molecule has 0 radical (unpaired) electrons. The SMILES string of the molecule is C=CC(=O)Nc1ccc(N)cc1C. The molecule has 13 heavy (non-hydrogen) atoms. The van der Waals surface area contributed by atoms with Crippen LogP contribution in [0.25, 0.3) is 0 Å². The number of nitrogen functional groups attached to an aromatic ring is 1.